The molecule has 1 N–H and O–H groups in total. The first-order valence-corrected chi connectivity index (χ1v) is 8.61. The summed E-state index contributed by atoms with van der Waals surface area (Å²) in [6.07, 6.45) is -0.508. The number of methoxy groups -OCH3 is 2. The first-order valence-electron chi connectivity index (χ1n) is 8.61. The molecule has 28 heavy (non-hydrogen) atoms. The average Bonchev–Trinajstić information content (AvgIpc) is 2.75. The quantitative estimate of drug-likeness (QED) is 0.515. The topological polar surface area (TPSA) is 92.7 Å². The maximum atomic E-state index is 11.0. The van der Waals surface area contributed by atoms with Gasteiger partial charge in [-0.1, -0.05) is 6.07 Å². The average molecular weight is 390 g/mol. The first kappa shape index (κ1) is 19.9. The normalized spacial score (nSPS) is 17.8. The molecule has 0 unspecified atom stereocenters. The standard InChI is InChI=1S/C20H22O8/c1-23-11-25-15-6-4-14(8-17(15)26-12-24-2)20-19(10-22)27-16-5-3-13(9-21)7-18(16)28-20/h3-9,19-20,22H,10-12H2,1-2H3/t19-,20-/m0/s1. The van der Waals surface area contributed by atoms with Crippen LogP contribution in [0.1, 0.15) is 22.0 Å². The second-order valence-electron chi connectivity index (χ2n) is 6.01. The monoisotopic (exact) mass is 390 g/mol. The van der Waals surface area contributed by atoms with E-state index in [0.717, 1.165) is 6.29 Å². The molecular weight excluding hydrogens is 368 g/mol. The predicted octanol–water partition coefficient (Wildman–Crippen LogP) is 2.34. The molecule has 0 fully saturated rings. The Balaban J connectivity index is 1.92. The molecule has 150 valence electrons. The number of fused-ring (bicyclic) bond motifs is 1. The first-order chi connectivity index (χ1) is 13.7. The molecule has 1 aliphatic heterocycles. The summed E-state index contributed by atoms with van der Waals surface area (Å²) in [5.41, 5.74) is 1.17. The number of hydrogen-bond acceptors (Lipinski definition) is 8. The van der Waals surface area contributed by atoms with E-state index in [1.54, 1.807) is 36.4 Å². The minimum absolute atomic E-state index is 0.0315. The van der Waals surface area contributed by atoms with Gasteiger partial charge in [-0.3, -0.25) is 4.79 Å². The summed E-state index contributed by atoms with van der Waals surface area (Å²) in [4.78, 5) is 11.0. The van der Waals surface area contributed by atoms with Crippen LogP contribution in [0.2, 0.25) is 0 Å². The highest BCUT2D eigenvalue weighted by molar-refractivity contribution is 5.76. The molecule has 1 aliphatic rings. The van der Waals surface area contributed by atoms with Gasteiger partial charge in [0, 0.05) is 25.3 Å². The Bertz CT molecular complexity index is 807. The van der Waals surface area contributed by atoms with E-state index >= 15 is 0 Å². The molecule has 0 radical (unpaired) electrons. The highest BCUT2D eigenvalue weighted by Crippen LogP contribution is 2.41. The second kappa shape index (κ2) is 9.41. The molecule has 8 nitrogen and oxygen atoms in total. The van der Waals surface area contributed by atoms with Crippen LogP contribution in [-0.4, -0.2) is 51.9 Å². The number of carbonyl (C=O) groups is 1. The third kappa shape index (κ3) is 4.36. The maximum Gasteiger partial charge on any atom is 0.188 e. The number of aliphatic hydroxyl groups excluding tert-OH is 1. The van der Waals surface area contributed by atoms with Crippen molar-refractivity contribution in [2.24, 2.45) is 0 Å². The molecule has 1 heterocycles. The molecule has 0 bridgehead atoms. The van der Waals surface area contributed by atoms with E-state index in [-0.39, 0.29) is 20.2 Å². The van der Waals surface area contributed by atoms with Crippen molar-refractivity contribution in [3.05, 3.63) is 47.5 Å². The van der Waals surface area contributed by atoms with Crippen LogP contribution in [-0.2, 0) is 9.47 Å². The Labute approximate surface area is 162 Å². The Morgan fingerprint density at radius 3 is 2.39 bits per heavy atom. The molecule has 0 aliphatic carbocycles. The summed E-state index contributed by atoms with van der Waals surface area (Å²) in [5, 5.41) is 9.78. The number of aliphatic hydroxyl groups is 1. The third-order valence-electron chi connectivity index (χ3n) is 4.11. The molecule has 0 amide bonds. The molecular formula is C20H22O8. The smallest absolute Gasteiger partial charge is 0.188 e. The fourth-order valence-electron chi connectivity index (χ4n) is 2.82. The SMILES string of the molecule is COCOc1ccc([C@@H]2Oc3cc(C=O)ccc3O[C@H]2CO)cc1OCOC. The summed E-state index contributed by atoms with van der Waals surface area (Å²) < 4.78 is 32.9. The number of ether oxygens (including phenoxy) is 6. The van der Waals surface area contributed by atoms with Crippen LogP contribution in [0.3, 0.4) is 0 Å². The minimum atomic E-state index is -0.629. The van der Waals surface area contributed by atoms with Crippen molar-refractivity contribution >= 4 is 6.29 Å². The largest absolute Gasteiger partial charge is 0.480 e. The van der Waals surface area contributed by atoms with Gasteiger partial charge in [0.2, 0.25) is 0 Å². The summed E-state index contributed by atoms with van der Waals surface area (Å²) in [6, 6.07) is 10.1. The molecule has 8 heteroatoms. The molecule has 2 aromatic carbocycles. The van der Waals surface area contributed by atoms with Crippen LogP contribution in [0, 0.1) is 0 Å². The van der Waals surface area contributed by atoms with Gasteiger partial charge in [-0.15, -0.1) is 0 Å². The highest BCUT2D eigenvalue weighted by atomic mass is 16.7. The number of hydrogen-bond donors (Lipinski definition) is 1. The van der Waals surface area contributed by atoms with Gasteiger partial charge in [-0.25, -0.2) is 0 Å². The molecule has 0 saturated heterocycles. The molecule has 3 rings (SSSR count). The van der Waals surface area contributed by atoms with Crippen LogP contribution in [0.5, 0.6) is 23.0 Å². The van der Waals surface area contributed by atoms with Crippen LogP contribution < -0.4 is 18.9 Å². The van der Waals surface area contributed by atoms with Gasteiger partial charge in [0.15, 0.2) is 48.8 Å². The lowest BCUT2D eigenvalue weighted by Crippen LogP contribution is -2.36. The van der Waals surface area contributed by atoms with Crippen LogP contribution in [0.4, 0.5) is 0 Å². The van der Waals surface area contributed by atoms with Crippen LogP contribution >= 0.6 is 0 Å². The number of aldehydes is 1. The van der Waals surface area contributed by atoms with Crippen molar-refractivity contribution in [1.29, 1.82) is 0 Å². The van der Waals surface area contributed by atoms with E-state index in [4.69, 9.17) is 28.4 Å². The highest BCUT2D eigenvalue weighted by Gasteiger charge is 2.33. The summed E-state index contributed by atoms with van der Waals surface area (Å²) in [7, 11) is 3.04. The maximum absolute atomic E-state index is 11.0. The molecule has 0 aromatic heterocycles. The van der Waals surface area contributed by atoms with Gasteiger partial charge in [0.05, 0.1) is 6.61 Å². The zero-order chi connectivity index (χ0) is 19.9. The van der Waals surface area contributed by atoms with Crippen molar-refractivity contribution < 1.29 is 38.3 Å². The molecule has 2 aromatic rings. The Hall–Kier alpha value is -2.81. The van der Waals surface area contributed by atoms with Gasteiger partial charge < -0.3 is 33.5 Å². The Morgan fingerprint density at radius 2 is 1.71 bits per heavy atom. The minimum Gasteiger partial charge on any atom is -0.480 e. The van der Waals surface area contributed by atoms with Gasteiger partial charge in [0.1, 0.15) is 6.29 Å². The summed E-state index contributed by atoms with van der Waals surface area (Å²) in [6.45, 7) is -0.160. The van der Waals surface area contributed by atoms with E-state index in [2.05, 4.69) is 0 Å². The van der Waals surface area contributed by atoms with Crippen molar-refractivity contribution in [1.82, 2.24) is 0 Å². The number of benzene rings is 2. The van der Waals surface area contributed by atoms with E-state index in [1.165, 1.54) is 14.2 Å². The van der Waals surface area contributed by atoms with E-state index in [0.29, 0.717) is 34.1 Å². The summed E-state index contributed by atoms with van der Waals surface area (Å²) in [5.74, 6) is 1.81. The number of carbonyl (C=O) groups excluding carboxylic acids is 1. The fraction of sp³-hybridized carbons (Fsp3) is 0.350. The number of rotatable bonds is 9. The van der Waals surface area contributed by atoms with Crippen LogP contribution in [0.25, 0.3) is 0 Å². The van der Waals surface area contributed by atoms with Gasteiger partial charge in [0.25, 0.3) is 0 Å². The predicted molar refractivity (Wildman–Crippen MR) is 98.2 cm³/mol. The van der Waals surface area contributed by atoms with Crippen LogP contribution in [0.15, 0.2) is 36.4 Å². The van der Waals surface area contributed by atoms with Crippen molar-refractivity contribution in [3.63, 3.8) is 0 Å². The lowest BCUT2D eigenvalue weighted by atomic mass is 10.0. The summed E-state index contributed by atoms with van der Waals surface area (Å²) >= 11 is 0. The Morgan fingerprint density at radius 1 is 0.964 bits per heavy atom. The van der Waals surface area contributed by atoms with Gasteiger partial charge in [-0.05, 0) is 30.3 Å². The zero-order valence-electron chi connectivity index (χ0n) is 15.6. The molecule has 2 atom stereocenters. The zero-order valence-corrected chi connectivity index (χ0v) is 15.6. The van der Waals surface area contributed by atoms with E-state index < -0.39 is 12.2 Å². The second-order valence-corrected chi connectivity index (χ2v) is 6.01. The third-order valence-corrected chi connectivity index (χ3v) is 4.11. The van der Waals surface area contributed by atoms with Crippen molar-refractivity contribution in [2.45, 2.75) is 12.2 Å². The fourth-order valence-corrected chi connectivity index (χ4v) is 2.82. The Kier molecular flexibility index (Phi) is 6.70. The van der Waals surface area contributed by atoms with Crippen molar-refractivity contribution in [3.8, 4) is 23.0 Å². The van der Waals surface area contributed by atoms with Gasteiger partial charge in [-0.2, -0.15) is 0 Å². The van der Waals surface area contributed by atoms with E-state index in [1.807, 2.05) is 0 Å². The lowest BCUT2D eigenvalue weighted by Gasteiger charge is -2.33. The van der Waals surface area contributed by atoms with Crippen molar-refractivity contribution in [2.75, 3.05) is 34.4 Å². The molecule has 0 saturated carbocycles. The lowest BCUT2D eigenvalue weighted by molar-refractivity contribution is -0.0127. The molecule has 0 spiro atoms. The van der Waals surface area contributed by atoms with Gasteiger partial charge >= 0.3 is 0 Å². The van der Waals surface area contributed by atoms with E-state index in [9.17, 15) is 9.90 Å².